The molecule has 0 saturated carbocycles. The van der Waals surface area contributed by atoms with E-state index in [0.29, 0.717) is 19.7 Å². The highest BCUT2D eigenvalue weighted by Gasteiger charge is 2.35. The summed E-state index contributed by atoms with van der Waals surface area (Å²) in [4.78, 5) is 30.8. The van der Waals surface area contributed by atoms with Crippen LogP contribution in [-0.2, 0) is 4.74 Å². The van der Waals surface area contributed by atoms with Gasteiger partial charge in [-0.1, -0.05) is 0 Å². The smallest absolute Gasteiger partial charge is 0.410 e. The quantitative estimate of drug-likeness (QED) is 0.661. The van der Waals surface area contributed by atoms with E-state index >= 15 is 0 Å². The van der Waals surface area contributed by atoms with Crippen LogP contribution in [0, 0.1) is 0 Å². The molecule has 2 aromatic heterocycles. The predicted octanol–water partition coefficient (Wildman–Crippen LogP) is 3.56. The molecule has 1 fully saturated rings. The maximum Gasteiger partial charge on any atom is 0.410 e. The van der Waals surface area contributed by atoms with Crippen molar-refractivity contribution in [3.63, 3.8) is 0 Å². The number of piperidine rings is 1. The number of aromatic nitrogens is 4. The number of carbonyl (C=O) groups is 1. The molecular formula is C25H35N7O3. The molecule has 10 heteroatoms. The van der Waals surface area contributed by atoms with Crippen LogP contribution in [0.3, 0.4) is 0 Å². The first kappa shape index (κ1) is 23.6. The molecule has 0 N–H and O–H groups in total. The number of ether oxygens (including phenoxy) is 2. The molecule has 2 aromatic rings. The van der Waals surface area contributed by atoms with E-state index in [0.717, 1.165) is 54.6 Å². The lowest BCUT2D eigenvalue weighted by Gasteiger charge is -2.33. The Hall–Kier alpha value is -3.17. The molecule has 1 unspecified atom stereocenters. The Morgan fingerprint density at radius 1 is 1.17 bits per heavy atom. The summed E-state index contributed by atoms with van der Waals surface area (Å²) in [6, 6.07) is 2.24. The number of aliphatic imine (C=N–C) groups is 1. The Morgan fingerprint density at radius 3 is 2.66 bits per heavy atom. The maximum atomic E-state index is 12.4. The summed E-state index contributed by atoms with van der Waals surface area (Å²) >= 11 is 0. The molecule has 1 atom stereocenters. The summed E-state index contributed by atoms with van der Waals surface area (Å²) in [6.45, 7) is 13.3. The molecule has 188 valence electrons. The fourth-order valence-electron chi connectivity index (χ4n) is 4.95. The molecule has 10 nitrogen and oxygen atoms in total. The van der Waals surface area contributed by atoms with Crippen molar-refractivity contribution in [3.8, 4) is 5.75 Å². The number of likely N-dealkylation sites (tertiary alicyclic amines) is 1. The molecular weight excluding hydrogens is 446 g/mol. The minimum Gasteiger partial charge on any atom is -0.491 e. The lowest BCUT2D eigenvalue weighted by Crippen LogP contribution is -2.41. The Balaban J connectivity index is 1.32. The van der Waals surface area contributed by atoms with Gasteiger partial charge in [0.1, 0.15) is 36.2 Å². The van der Waals surface area contributed by atoms with Crippen LogP contribution < -0.4 is 4.74 Å². The van der Waals surface area contributed by atoms with E-state index in [9.17, 15) is 4.79 Å². The second-order valence-corrected chi connectivity index (χ2v) is 10.8. The number of hydrogen-bond acceptors (Lipinski definition) is 8. The average Bonchev–Trinajstić information content (AvgIpc) is 3.42. The van der Waals surface area contributed by atoms with Crippen LogP contribution in [0.5, 0.6) is 5.75 Å². The number of rotatable bonds is 3. The molecule has 0 aliphatic carbocycles. The van der Waals surface area contributed by atoms with Crippen LogP contribution in [0.1, 0.15) is 82.5 Å². The fourth-order valence-corrected chi connectivity index (χ4v) is 4.95. The summed E-state index contributed by atoms with van der Waals surface area (Å²) in [5.74, 6) is 2.92. The Labute approximate surface area is 206 Å². The lowest BCUT2D eigenvalue weighted by atomic mass is 9.92. The molecule has 0 aromatic carbocycles. The van der Waals surface area contributed by atoms with Gasteiger partial charge in [0.15, 0.2) is 5.82 Å². The summed E-state index contributed by atoms with van der Waals surface area (Å²) in [7, 11) is 0. The van der Waals surface area contributed by atoms with Crippen molar-refractivity contribution in [2.45, 2.75) is 71.1 Å². The second kappa shape index (κ2) is 9.13. The first-order valence-electron chi connectivity index (χ1n) is 12.5. The Kier molecular flexibility index (Phi) is 6.14. The Bertz CT molecular complexity index is 1110. The van der Waals surface area contributed by atoms with Gasteiger partial charge in [0, 0.05) is 49.6 Å². The molecule has 5 heterocycles. The SMILES string of the molecule is CC(C)n1ncnc1C1CN2CCOc3cc(C4CCN(C(=O)OC(C)(C)C)CC4)ncc3C2=N1. The van der Waals surface area contributed by atoms with Gasteiger partial charge in [-0.2, -0.15) is 5.10 Å². The highest BCUT2D eigenvalue weighted by Crippen LogP contribution is 2.35. The number of amides is 1. The van der Waals surface area contributed by atoms with Crippen molar-refractivity contribution in [2.75, 3.05) is 32.8 Å². The summed E-state index contributed by atoms with van der Waals surface area (Å²) in [5, 5.41) is 4.39. The third-order valence-electron chi connectivity index (χ3n) is 6.67. The van der Waals surface area contributed by atoms with Crippen molar-refractivity contribution in [3.05, 3.63) is 35.7 Å². The highest BCUT2D eigenvalue weighted by molar-refractivity contribution is 6.02. The third-order valence-corrected chi connectivity index (χ3v) is 6.67. The van der Waals surface area contributed by atoms with E-state index in [4.69, 9.17) is 19.5 Å². The summed E-state index contributed by atoms with van der Waals surface area (Å²) in [6.07, 6.45) is 4.97. The van der Waals surface area contributed by atoms with E-state index in [2.05, 4.69) is 34.9 Å². The highest BCUT2D eigenvalue weighted by atomic mass is 16.6. The number of fused-ring (bicyclic) bond motifs is 3. The molecule has 1 amide bonds. The van der Waals surface area contributed by atoms with Crippen molar-refractivity contribution in [2.24, 2.45) is 4.99 Å². The van der Waals surface area contributed by atoms with Crippen molar-refractivity contribution in [1.29, 1.82) is 0 Å². The normalized spacial score (nSPS) is 20.7. The van der Waals surface area contributed by atoms with Gasteiger partial charge >= 0.3 is 6.09 Å². The number of carbonyl (C=O) groups excluding carboxylic acids is 1. The van der Waals surface area contributed by atoms with Crippen molar-refractivity contribution < 1.29 is 14.3 Å². The summed E-state index contributed by atoms with van der Waals surface area (Å²) < 4.78 is 13.6. The van der Waals surface area contributed by atoms with E-state index in [1.807, 2.05) is 31.6 Å². The molecule has 0 spiro atoms. The topological polar surface area (TPSA) is 98.0 Å². The van der Waals surface area contributed by atoms with Crippen LogP contribution in [-0.4, -0.2) is 79.9 Å². The molecule has 0 bridgehead atoms. The van der Waals surface area contributed by atoms with Crippen LogP contribution in [0.25, 0.3) is 0 Å². The van der Waals surface area contributed by atoms with Crippen LogP contribution in [0.4, 0.5) is 4.79 Å². The molecule has 5 rings (SSSR count). The van der Waals surface area contributed by atoms with Gasteiger partial charge in [0.25, 0.3) is 0 Å². The molecule has 0 radical (unpaired) electrons. The predicted molar refractivity (Wildman–Crippen MR) is 131 cm³/mol. The van der Waals surface area contributed by atoms with Crippen LogP contribution in [0.15, 0.2) is 23.6 Å². The first-order valence-corrected chi connectivity index (χ1v) is 12.5. The van der Waals surface area contributed by atoms with Crippen LogP contribution >= 0.6 is 0 Å². The first-order chi connectivity index (χ1) is 16.7. The number of amidine groups is 1. The molecule has 35 heavy (non-hydrogen) atoms. The molecule has 3 aliphatic rings. The Morgan fingerprint density at radius 2 is 1.94 bits per heavy atom. The zero-order valence-corrected chi connectivity index (χ0v) is 21.3. The largest absolute Gasteiger partial charge is 0.491 e. The summed E-state index contributed by atoms with van der Waals surface area (Å²) in [5.41, 5.74) is 1.45. The van der Waals surface area contributed by atoms with Crippen LogP contribution in [0.2, 0.25) is 0 Å². The van der Waals surface area contributed by atoms with Gasteiger partial charge < -0.3 is 19.3 Å². The fraction of sp³-hybridized carbons (Fsp3) is 0.640. The minimum absolute atomic E-state index is 0.0577. The van der Waals surface area contributed by atoms with Gasteiger partial charge in [0.05, 0.1) is 12.1 Å². The molecule has 3 aliphatic heterocycles. The second-order valence-electron chi connectivity index (χ2n) is 10.8. The van der Waals surface area contributed by atoms with Gasteiger partial charge in [-0.25, -0.2) is 14.5 Å². The van der Waals surface area contributed by atoms with E-state index in [1.54, 1.807) is 11.2 Å². The van der Waals surface area contributed by atoms with E-state index in [-0.39, 0.29) is 24.1 Å². The molecule has 1 saturated heterocycles. The zero-order chi connectivity index (χ0) is 24.7. The van der Waals surface area contributed by atoms with Crippen molar-refractivity contribution in [1.82, 2.24) is 29.5 Å². The number of nitrogens with zero attached hydrogens (tertiary/aromatic N) is 7. The van der Waals surface area contributed by atoms with E-state index in [1.165, 1.54) is 0 Å². The average molecular weight is 482 g/mol. The number of pyridine rings is 1. The van der Waals surface area contributed by atoms with E-state index < -0.39 is 5.60 Å². The monoisotopic (exact) mass is 481 g/mol. The zero-order valence-electron chi connectivity index (χ0n) is 21.3. The van der Waals surface area contributed by atoms with Gasteiger partial charge in [-0.05, 0) is 47.5 Å². The van der Waals surface area contributed by atoms with Gasteiger partial charge in [0.2, 0.25) is 0 Å². The van der Waals surface area contributed by atoms with Gasteiger partial charge in [-0.3, -0.25) is 9.98 Å². The minimum atomic E-state index is -0.482. The lowest BCUT2D eigenvalue weighted by molar-refractivity contribution is 0.0204. The van der Waals surface area contributed by atoms with Gasteiger partial charge in [-0.15, -0.1) is 0 Å². The number of hydrogen-bond donors (Lipinski definition) is 0. The maximum absolute atomic E-state index is 12.4. The van der Waals surface area contributed by atoms with Crippen molar-refractivity contribution >= 4 is 11.9 Å². The third kappa shape index (κ3) is 4.83. The standard InChI is InChI=1S/C25H35N7O3/c1-16(2)32-23(27-15-28-32)20-14-31-10-11-34-21-12-19(26-13-18(21)22(31)29-20)17-6-8-30(9-7-17)24(33)35-25(3,4)5/h12-13,15-17,20H,6-11,14H2,1-5H3.